The van der Waals surface area contributed by atoms with Gasteiger partial charge in [-0.05, 0) is 32.8 Å². The minimum absolute atomic E-state index is 0.0867. The molecule has 6 nitrogen and oxygen atoms in total. The molecule has 1 aromatic carbocycles. The van der Waals surface area contributed by atoms with Crippen molar-refractivity contribution in [3.8, 4) is 0 Å². The van der Waals surface area contributed by atoms with Crippen LogP contribution in [0.4, 0.5) is 0 Å². The van der Waals surface area contributed by atoms with Crippen LogP contribution in [0, 0.1) is 0 Å². The molecule has 0 saturated carbocycles. The average Bonchev–Trinajstić information content (AvgIpc) is 2.81. The van der Waals surface area contributed by atoms with Crippen LogP contribution in [0.2, 0.25) is 0 Å². The highest BCUT2D eigenvalue weighted by Gasteiger charge is 2.42. The molecule has 2 atom stereocenters. The number of benzene rings is 1. The summed E-state index contributed by atoms with van der Waals surface area (Å²) in [5, 5.41) is 0. The number of esters is 1. The van der Waals surface area contributed by atoms with Crippen molar-refractivity contribution in [3.63, 3.8) is 0 Å². The number of rotatable bonds is 4. The van der Waals surface area contributed by atoms with Crippen LogP contribution in [0.1, 0.15) is 45.1 Å². The summed E-state index contributed by atoms with van der Waals surface area (Å²) in [6.45, 7) is 5.46. The standard InChI is InChI=1S/C16H23NO5S/c1-16(2,3)22-15(18)11-14-13(12-7-5-4-6-8-12)9-10-17(14)23(19,20)21/h4-8,13-14H,9-11H2,1-3H3,(H,19,20,21)/t13-,14+/m1/s1. The number of nitrogens with zero attached hydrogens (tertiary/aromatic N) is 1. The summed E-state index contributed by atoms with van der Waals surface area (Å²) in [5.41, 5.74) is 0.313. The minimum atomic E-state index is -4.36. The third-order valence-electron chi connectivity index (χ3n) is 3.81. The maximum atomic E-state index is 12.1. The first-order chi connectivity index (χ1) is 10.6. The van der Waals surface area contributed by atoms with Crippen molar-refractivity contribution < 1.29 is 22.5 Å². The maximum Gasteiger partial charge on any atom is 0.336 e. The summed E-state index contributed by atoms with van der Waals surface area (Å²) in [6, 6.07) is 8.79. The normalized spacial score (nSPS) is 23.0. The Bertz CT molecular complexity index is 651. The van der Waals surface area contributed by atoms with E-state index in [2.05, 4.69) is 0 Å². The van der Waals surface area contributed by atoms with Gasteiger partial charge in [-0.25, -0.2) is 0 Å². The molecule has 7 heteroatoms. The Morgan fingerprint density at radius 1 is 1.30 bits per heavy atom. The van der Waals surface area contributed by atoms with Crippen LogP contribution < -0.4 is 0 Å². The summed E-state index contributed by atoms with van der Waals surface area (Å²) in [4.78, 5) is 12.1. The molecule has 1 N–H and O–H groups in total. The first-order valence-corrected chi connectivity index (χ1v) is 8.98. The lowest BCUT2D eigenvalue weighted by Gasteiger charge is -2.27. The Kier molecular flexibility index (Phi) is 5.13. The fraction of sp³-hybridized carbons (Fsp3) is 0.562. The predicted molar refractivity (Wildman–Crippen MR) is 86.3 cm³/mol. The largest absolute Gasteiger partial charge is 0.460 e. The Morgan fingerprint density at radius 3 is 2.43 bits per heavy atom. The van der Waals surface area contributed by atoms with E-state index in [0.717, 1.165) is 9.87 Å². The topological polar surface area (TPSA) is 83.9 Å². The Labute approximate surface area is 137 Å². The van der Waals surface area contributed by atoms with Gasteiger partial charge < -0.3 is 4.74 Å². The highest BCUT2D eigenvalue weighted by Crippen LogP contribution is 2.37. The molecular weight excluding hydrogens is 318 g/mol. The van der Waals surface area contributed by atoms with Gasteiger partial charge in [0.05, 0.1) is 6.42 Å². The zero-order valence-electron chi connectivity index (χ0n) is 13.6. The Balaban J connectivity index is 2.25. The van der Waals surface area contributed by atoms with E-state index in [9.17, 15) is 17.8 Å². The molecule has 0 bridgehead atoms. The van der Waals surface area contributed by atoms with Crippen molar-refractivity contribution in [1.82, 2.24) is 4.31 Å². The van der Waals surface area contributed by atoms with Crippen LogP contribution in [0.5, 0.6) is 0 Å². The third kappa shape index (κ3) is 4.76. The first-order valence-electron chi connectivity index (χ1n) is 7.59. The van der Waals surface area contributed by atoms with E-state index in [1.807, 2.05) is 30.3 Å². The molecule has 0 aromatic heterocycles. The van der Waals surface area contributed by atoms with Gasteiger partial charge in [-0.3, -0.25) is 9.35 Å². The van der Waals surface area contributed by atoms with Gasteiger partial charge in [0.2, 0.25) is 0 Å². The fourth-order valence-electron chi connectivity index (χ4n) is 3.00. The van der Waals surface area contributed by atoms with Crippen LogP contribution in [-0.2, 0) is 19.8 Å². The molecule has 1 aliphatic rings. The lowest BCUT2D eigenvalue weighted by molar-refractivity contribution is -0.155. The van der Waals surface area contributed by atoms with E-state index in [0.29, 0.717) is 6.42 Å². The number of carbonyl (C=O) groups excluding carboxylic acids is 1. The number of ether oxygens (including phenoxy) is 1. The summed E-state index contributed by atoms with van der Waals surface area (Å²) in [6.07, 6.45) is 0.466. The van der Waals surface area contributed by atoms with Crippen molar-refractivity contribution in [2.75, 3.05) is 6.54 Å². The fourth-order valence-corrected chi connectivity index (χ4v) is 3.90. The van der Waals surface area contributed by atoms with Gasteiger partial charge in [0, 0.05) is 18.5 Å². The van der Waals surface area contributed by atoms with Crippen LogP contribution in [0.3, 0.4) is 0 Å². The molecule has 2 rings (SSSR count). The summed E-state index contributed by atoms with van der Waals surface area (Å²) >= 11 is 0. The molecular formula is C16H23NO5S. The SMILES string of the molecule is CC(C)(C)OC(=O)C[C@H]1[C@@H](c2ccccc2)CCN1S(=O)(=O)O. The van der Waals surface area contributed by atoms with Crippen molar-refractivity contribution >= 4 is 16.3 Å². The second-order valence-corrected chi connectivity index (χ2v) is 8.12. The lowest BCUT2D eigenvalue weighted by atomic mass is 9.90. The number of hydrogen-bond acceptors (Lipinski definition) is 4. The summed E-state index contributed by atoms with van der Waals surface area (Å²) in [7, 11) is -4.36. The highest BCUT2D eigenvalue weighted by atomic mass is 32.2. The molecule has 1 saturated heterocycles. The molecule has 128 valence electrons. The van der Waals surface area contributed by atoms with E-state index < -0.39 is 27.9 Å². The molecule has 1 aromatic rings. The lowest BCUT2D eigenvalue weighted by Crippen LogP contribution is -2.39. The van der Waals surface area contributed by atoms with Gasteiger partial charge in [-0.1, -0.05) is 30.3 Å². The predicted octanol–water partition coefficient (Wildman–Crippen LogP) is 2.38. The van der Waals surface area contributed by atoms with Crippen LogP contribution >= 0.6 is 0 Å². The minimum Gasteiger partial charge on any atom is -0.460 e. The second-order valence-electron chi connectivity index (χ2n) is 6.75. The van der Waals surface area contributed by atoms with Gasteiger partial charge in [0.15, 0.2) is 0 Å². The quantitative estimate of drug-likeness (QED) is 0.671. The van der Waals surface area contributed by atoms with E-state index >= 15 is 0 Å². The van der Waals surface area contributed by atoms with Crippen LogP contribution in [-0.4, -0.2) is 41.4 Å². The van der Waals surface area contributed by atoms with E-state index in [1.54, 1.807) is 20.8 Å². The molecule has 1 aliphatic heterocycles. The average molecular weight is 341 g/mol. The number of hydrogen-bond donors (Lipinski definition) is 1. The van der Waals surface area contributed by atoms with Crippen LogP contribution in [0.15, 0.2) is 30.3 Å². The zero-order chi connectivity index (χ0) is 17.3. The van der Waals surface area contributed by atoms with E-state index in [1.165, 1.54) is 0 Å². The van der Waals surface area contributed by atoms with Gasteiger partial charge in [0.1, 0.15) is 5.60 Å². The molecule has 0 aliphatic carbocycles. The Morgan fingerprint density at radius 2 is 1.91 bits per heavy atom. The first kappa shape index (κ1) is 17.9. The monoisotopic (exact) mass is 341 g/mol. The van der Waals surface area contributed by atoms with Crippen molar-refractivity contribution in [2.24, 2.45) is 0 Å². The van der Waals surface area contributed by atoms with Gasteiger partial charge in [0.25, 0.3) is 0 Å². The number of carbonyl (C=O) groups is 1. The van der Waals surface area contributed by atoms with Crippen molar-refractivity contribution in [1.29, 1.82) is 0 Å². The molecule has 23 heavy (non-hydrogen) atoms. The molecule has 1 heterocycles. The van der Waals surface area contributed by atoms with Gasteiger partial charge in [-0.15, -0.1) is 0 Å². The van der Waals surface area contributed by atoms with Crippen molar-refractivity contribution in [2.45, 2.75) is 51.2 Å². The zero-order valence-corrected chi connectivity index (χ0v) is 14.4. The van der Waals surface area contributed by atoms with E-state index in [4.69, 9.17) is 4.74 Å². The third-order valence-corrected chi connectivity index (χ3v) is 4.86. The molecule has 1 fully saturated rings. The van der Waals surface area contributed by atoms with E-state index in [-0.39, 0.29) is 18.9 Å². The second kappa shape index (κ2) is 6.59. The molecule has 0 radical (unpaired) electrons. The molecule has 0 spiro atoms. The summed E-state index contributed by atoms with van der Waals surface area (Å²) < 4.78 is 39.0. The molecule has 0 amide bonds. The van der Waals surface area contributed by atoms with Gasteiger partial charge >= 0.3 is 16.3 Å². The Hall–Kier alpha value is -1.44. The van der Waals surface area contributed by atoms with Crippen molar-refractivity contribution in [3.05, 3.63) is 35.9 Å². The summed E-state index contributed by atoms with van der Waals surface area (Å²) in [5.74, 6) is -0.621. The maximum absolute atomic E-state index is 12.1. The smallest absolute Gasteiger partial charge is 0.336 e. The molecule has 0 unspecified atom stereocenters. The van der Waals surface area contributed by atoms with Crippen LogP contribution in [0.25, 0.3) is 0 Å². The highest BCUT2D eigenvalue weighted by molar-refractivity contribution is 7.83. The van der Waals surface area contributed by atoms with Gasteiger partial charge in [-0.2, -0.15) is 12.7 Å².